The van der Waals surface area contributed by atoms with Gasteiger partial charge in [-0.15, -0.1) is 0 Å². The van der Waals surface area contributed by atoms with E-state index < -0.39 is 0 Å². The predicted octanol–water partition coefficient (Wildman–Crippen LogP) is 8.16. The Balaban J connectivity index is 1.53. The van der Waals surface area contributed by atoms with Crippen molar-refractivity contribution in [2.75, 3.05) is 0 Å². The largest absolute Gasteiger partial charge is 0.427 e. The molecule has 1 aliphatic rings. The SMILES string of the molecule is CCCCCC(=O)Oc1ccc(-c2ccc(C3CCC(CC(C)C)CC3)cc2)cc1. The maximum Gasteiger partial charge on any atom is 0.311 e. The summed E-state index contributed by atoms with van der Waals surface area (Å²) in [6.07, 6.45) is 10.4. The summed E-state index contributed by atoms with van der Waals surface area (Å²) >= 11 is 0. The van der Waals surface area contributed by atoms with E-state index in [2.05, 4.69) is 45.0 Å². The number of hydrogen-bond donors (Lipinski definition) is 0. The Labute approximate surface area is 183 Å². The lowest BCUT2D eigenvalue weighted by Gasteiger charge is -2.29. The van der Waals surface area contributed by atoms with Crippen LogP contribution in [0.3, 0.4) is 0 Å². The third kappa shape index (κ3) is 6.72. The zero-order valence-electron chi connectivity index (χ0n) is 19.0. The van der Waals surface area contributed by atoms with Gasteiger partial charge in [0.25, 0.3) is 0 Å². The van der Waals surface area contributed by atoms with E-state index in [1.54, 1.807) is 0 Å². The second kappa shape index (κ2) is 11.3. The van der Waals surface area contributed by atoms with Crippen molar-refractivity contribution in [2.45, 2.75) is 84.5 Å². The van der Waals surface area contributed by atoms with Gasteiger partial charge < -0.3 is 4.74 Å². The number of hydrogen-bond acceptors (Lipinski definition) is 2. The fourth-order valence-corrected chi connectivity index (χ4v) is 4.76. The topological polar surface area (TPSA) is 26.3 Å². The number of carbonyl (C=O) groups is 1. The Kier molecular flexibility index (Phi) is 8.54. The Morgan fingerprint density at radius 1 is 0.900 bits per heavy atom. The van der Waals surface area contributed by atoms with Crippen molar-refractivity contribution < 1.29 is 9.53 Å². The van der Waals surface area contributed by atoms with Crippen molar-refractivity contribution in [1.82, 2.24) is 0 Å². The van der Waals surface area contributed by atoms with Gasteiger partial charge in [0.1, 0.15) is 5.75 Å². The average Bonchev–Trinajstić information content (AvgIpc) is 2.75. The maximum atomic E-state index is 11.9. The van der Waals surface area contributed by atoms with Crippen molar-refractivity contribution in [1.29, 1.82) is 0 Å². The maximum absolute atomic E-state index is 11.9. The van der Waals surface area contributed by atoms with Crippen molar-refractivity contribution in [3.63, 3.8) is 0 Å². The molecule has 0 unspecified atom stereocenters. The molecule has 0 aliphatic heterocycles. The summed E-state index contributed by atoms with van der Waals surface area (Å²) in [5, 5.41) is 0. The first kappa shape index (κ1) is 22.6. The summed E-state index contributed by atoms with van der Waals surface area (Å²) in [5.74, 6) is 2.97. The first-order chi connectivity index (χ1) is 14.5. The third-order valence-corrected chi connectivity index (χ3v) is 6.44. The molecule has 30 heavy (non-hydrogen) atoms. The quantitative estimate of drug-likeness (QED) is 0.238. The highest BCUT2D eigenvalue weighted by Crippen LogP contribution is 2.38. The molecule has 2 heteroatoms. The van der Waals surface area contributed by atoms with Crippen LogP contribution in [0.15, 0.2) is 48.5 Å². The van der Waals surface area contributed by atoms with Crippen molar-refractivity contribution in [3.05, 3.63) is 54.1 Å². The lowest BCUT2D eigenvalue weighted by atomic mass is 9.76. The number of benzene rings is 2. The Morgan fingerprint density at radius 2 is 1.50 bits per heavy atom. The summed E-state index contributed by atoms with van der Waals surface area (Å²) in [4.78, 5) is 11.9. The van der Waals surface area contributed by atoms with E-state index in [0.29, 0.717) is 12.2 Å². The van der Waals surface area contributed by atoms with E-state index in [-0.39, 0.29) is 5.97 Å². The van der Waals surface area contributed by atoms with Crippen LogP contribution in [0.4, 0.5) is 0 Å². The van der Waals surface area contributed by atoms with Crippen LogP contribution in [0.5, 0.6) is 5.75 Å². The summed E-state index contributed by atoms with van der Waals surface area (Å²) in [7, 11) is 0. The smallest absolute Gasteiger partial charge is 0.311 e. The van der Waals surface area contributed by atoms with Gasteiger partial charge in [-0.05, 0) is 85.1 Å². The second-order valence-corrected chi connectivity index (χ2v) is 9.42. The molecule has 1 aliphatic carbocycles. The molecule has 0 radical (unpaired) electrons. The van der Waals surface area contributed by atoms with Crippen molar-refractivity contribution in [3.8, 4) is 16.9 Å². The van der Waals surface area contributed by atoms with Crippen LogP contribution in [0.1, 0.15) is 90.0 Å². The van der Waals surface area contributed by atoms with Gasteiger partial charge in [0.2, 0.25) is 0 Å². The number of ether oxygens (including phenoxy) is 1. The van der Waals surface area contributed by atoms with E-state index in [1.165, 1.54) is 43.2 Å². The standard InChI is InChI=1S/C28H38O2/c1-4-5-6-7-28(29)30-27-18-16-26(17-19-27)25-14-12-24(13-15-25)23-10-8-22(9-11-23)20-21(2)3/h12-19,21-23H,4-11,20H2,1-3H3. The first-order valence-corrected chi connectivity index (χ1v) is 12.0. The van der Waals surface area contributed by atoms with Gasteiger partial charge in [0.15, 0.2) is 0 Å². The van der Waals surface area contributed by atoms with Crippen LogP contribution in [0.25, 0.3) is 11.1 Å². The molecule has 3 rings (SSSR count). The van der Waals surface area contributed by atoms with Crippen molar-refractivity contribution in [2.24, 2.45) is 11.8 Å². The van der Waals surface area contributed by atoms with Gasteiger partial charge in [-0.25, -0.2) is 0 Å². The Hall–Kier alpha value is -2.09. The van der Waals surface area contributed by atoms with Crippen LogP contribution in [-0.2, 0) is 4.79 Å². The van der Waals surface area contributed by atoms with Gasteiger partial charge >= 0.3 is 5.97 Å². The van der Waals surface area contributed by atoms with Crippen molar-refractivity contribution >= 4 is 5.97 Å². The second-order valence-electron chi connectivity index (χ2n) is 9.42. The molecule has 1 saturated carbocycles. The molecule has 1 fully saturated rings. The molecule has 0 N–H and O–H groups in total. The highest BCUT2D eigenvalue weighted by Gasteiger charge is 2.22. The molecule has 2 aromatic carbocycles. The minimum atomic E-state index is -0.135. The highest BCUT2D eigenvalue weighted by molar-refractivity contribution is 5.73. The molecule has 0 atom stereocenters. The normalized spacial score (nSPS) is 19.1. The molecule has 162 valence electrons. The fourth-order valence-electron chi connectivity index (χ4n) is 4.76. The van der Waals surface area contributed by atoms with Crippen LogP contribution >= 0.6 is 0 Å². The van der Waals surface area contributed by atoms with E-state index in [9.17, 15) is 4.79 Å². The molecule has 0 spiro atoms. The number of unbranched alkanes of at least 4 members (excludes halogenated alkanes) is 2. The molecule has 0 heterocycles. The molecule has 0 amide bonds. The molecular formula is C28H38O2. The summed E-state index contributed by atoms with van der Waals surface area (Å²) in [5.41, 5.74) is 3.86. The minimum absolute atomic E-state index is 0.135. The molecule has 0 bridgehead atoms. The number of carbonyl (C=O) groups excluding carboxylic acids is 1. The summed E-state index contributed by atoms with van der Waals surface area (Å²) in [6, 6.07) is 17.0. The summed E-state index contributed by atoms with van der Waals surface area (Å²) < 4.78 is 5.44. The lowest BCUT2D eigenvalue weighted by Crippen LogP contribution is -2.14. The van der Waals surface area contributed by atoms with Crippen LogP contribution in [0, 0.1) is 11.8 Å². The molecule has 0 aromatic heterocycles. The summed E-state index contributed by atoms with van der Waals surface area (Å²) in [6.45, 7) is 6.82. The monoisotopic (exact) mass is 406 g/mol. The first-order valence-electron chi connectivity index (χ1n) is 12.0. The Morgan fingerprint density at radius 3 is 2.07 bits per heavy atom. The van der Waals surface area contributed by atoms with Gasteiger partial charge in [-0.3, -0.25) is 4.79 Å². The zero-order chi connectivity index (χ0) is 21.3. The van der Waals surface area contributed by atoms with Gasteiger partial charge in [-0.2, -0.15) is 0 Å². The molecule has 2 aromatic rings. The van der Waals surface area contributed by atoms with E-state index >= 15 is 0 Å². The van der Waals surface area contributed by atoms with Gasteiger partial charge in [0.05, 0.1) is 0 Å². The lowest BCUT2D eigenvalue weighted by molar-refractivity contribution is -0.134. The fraction of sp³-hybridized carbons (Fsp3) is 0.536. The average molecular weight is 407 g/mol. The van der Waals surface area contributed by atoms with E-state index in [1.807, 2.05) is 24.3 Å². The van der Waals surface area contributed by atoms with Crippen LogP contribution < -0.4 is 4.74 Å². The minimum Gasteiger partial charge on any atom is -0.427 e. The highest BCUT2D eigenvalue weighted by atomic mass is 16.5. The zero-order valence-corrected chi connectivity index (χ0v) is 19.0. The van der Waals surface area contributed by atoms with Gasteiger partial charge in [0, 0.05) is 6.42 Å². The predicted molar refractivity (Wildman–Crippen MR) is 126 cm³/mol. The molecule has 2 nitrogen and oxygen atoms in total. The number of rotatable bonds is 9. The van der Waals surface area contributed by atoms with Crippen LogP contribution in [0.2, 0.25) is 0 Å². The Bertz CT molecular complexity index is 765. The number of esters is 1. The van der Waals surface area contributed by atoms with E-state index in [4.69, 9.17) is 4.74 Å². The molecule has 0 saturated heterocycles. The van der Waals surface area contributed by atoms with E-state index in [0.717, 1.165) is 42.6 Å². The molecular weight excluding hydrogens is 368 g/mol. The third-order valence-electron chi connectivity index (χ3n) is 6.44. The van der Waals surface area contributed by atoms with Crippen LogP contribution in [-0.4, -0.2) is 5.97 Å². The van der Waals surface area contributed by atoms with Gasteiger partial charge in [-0.1, -0.05) is 70.0 Å².